The average molecular weight is 320 g/mol. The van der Waals surface area contributed by atoms with E-state index in [0.717, 1.165) is 0 Å². The second-order valence-corrected chi connectivity index (χ2v) is 5.05. The third-order valence-corrected chi connectivity index (χ3v) is 3.46. The topological polar surface area (TPSA) is 81.4 Å². The zero-order valence-corrected chi connectivity index (χ0v) is 13.1. The van der Waals surface area contributed by atoms with Crippen LogP contribution in [0, 0.1) is 19.7 Å². The summed E-state index contributed by atoms with van der Waals surface area (Å²) in [7, 11) is 1.25. The zero-order chi connectivity index (χ0) is 17.0. The van der Waals surface area contributed by atoms with E-state index < -0.39 is 11.8 Å². The van der Waals surface area contributed by atoms with Crippen LogP contribution in [0.25, 0.3) is 0 Å². The van der Waals surface area contributed by atoms with Crippen molar-refractivity contribution in [2.24, 2.45) is 0 Å². The number of carbonyl (C=O) groups is 2. The number of amides is 1. The minimum atomic E-state index is -0.562. The van der Waals surface area contributed by atoms with E-state index in [9.17, 15) is 14.0 Å². The van der Waals surface area contributed by atoms with E-state index in [1.807, 2.05) is 0 Å². The molecule has 0 radical (unpaired) electrons. The lowest BCUT2D eigenvalue weighted by Gasteiger charge is -2.08. The molecule has 0 aliphatic carbocycles. The summed E-state index contributed by atoms with van der Waals surface area (Å²) in [6.07, 6.45) is 0.0967. The van der Waals surface area contributed by atoms with Gasteiger partial charge in [-0.05, 0) is 32.0 Å². The number of aryl methyl sites for hydroxylation is 2. The molecular weight excluding hydrogens is 303 g/mol. The van der Waals surface area contributed by atoms with Crippen LogP contribution in [0.1, 0.15) is 32.9 Å². The number of benzene rings is 1. The van der Waals surface area contributed by atoms with Crippen LogP contribution in [-0.2, 0) is 22.5 Å². The number of methoxy groups -OCH3 is 1. The number of rotatable bonds is 5. The number of halogens is 1. The molecule has 1 heterocycles. The SMILES string of the molecule is COC(=O)c1ccc(F)c(CNC(=O)Cc2c(C)noc2C)c1. The van der Waals surface area contributed by atoms with Gasteiger partial charge >= 0.3 is 5.97 Å². The Balaban J connectivity index is 2.03. The number of nitrogens with zero attached hydrogens (tertiary/aromatic N) is 1. The molecule has 0 aliphatic heterocycles. The fourth-order valence-corrected chi connectivity index (χ4v) is 2.13. The summed E-state index contributed by atoms with van der Waals surface area (Å²) < 4.78 is 23.3. The Kier molecular flexibility index (Phi) is 5.10. The van der Waals surface area contributed by atoms with Gasteiger partial charge in [0, 0.05) is 17.7 Å². The summed E-state index contributed by atoms with van der Waals surface area (Å²) >= 11 is 0. The summed E-state index contributed by atoms with van der Waals surface area (Å²) in [5, 5.41) is 6.39. The van der Waals surface area contributed by atoms with Gasteiger partial charge < -0.3 is 14.6 Å². The molecule has 122 valence electrons. The normalized spacial score (nSPS) is 10.4. The standard InChI is InChI=1S/C16H17FN2O4/c1-9-13(10(2)23-19-9)7-15(20)18-8-12-6-11(16(21)22-3)4-5-14(12)17/h4-6H,7-8H2,1-3H3,(H,18,20). The van der Waals surface area contributed by atoms with E-state index in [2.05, 4.69) is 15.2 Å². The van der Waals surface area contributed by atoms with E-state index in [1.54, 1.807) is 13.8 Å². The first-order valence-electron chi connectivity index (χ1n) is 6.97. The fraction of sp³-hybridized carbons (Fsp3) is 0.312. The predicted molar refractivity (Wildman–Crippen MR) is 79.3 cm³/mol. The lowest BCUT2D eigenvalue weighted by Crippen LogP contribution is -2.25. The van der Waals surface area contributed by atoms with Gasteiger partial charge in [-0.1, -0.05) is 5.16 Å². The van der Waals surface area contributed by atoms with Crippen LogP contribution in [0.3, 0.4) is 0 Å². The molecule has 1 aromatic heterocycles. The zero-order valence-electron chi connectivity index (χ0n) is 13.1. The summed E-state index contributed by atoms with van der Waals surface area (Å²) in [5.74, 6) is -0.776. The van der Waals surface area contributed by atoms with Crippen molar-refractivity contribution in [3.63, 3.8) is 0 Å². The minimum Gasteiger partial charge on any atom is -0.465 e. The van der Waals surface area contributed by atoms with E-state index in [4.69, 9.17) is 4.52 Å². The first kappa shape index (κ1) is 16.7. The fourth-order valence-electron chi connectivity index (χ4n) is 2.13. The van der Waals surface area contributed by atoms with Gasteiger partial charge in [0.25, 0.3) is 0 Å². The molecule has 0 atom stereocenters. The van der Waals surface area contributed by atoms with Gasteiger partial charge in [-0.15, -0.1) is 0 Å². The van der Waals surface area contributed by atoms with Crippen LogP contribution < -0.4 is 5.32 Å². The maximum Gasteiger partial charge on any atom is 0.337 e. The number of hydrogen-bond acceptors (Lipinski definition) is 5. The molecular formula is C16H17FN2O4. The number of hydrogen-bond donors (Lipinski definition) is 1. The summed E-state index contributed by atoms with van der Waals surface area (Å²) in [5.41, 5.74) is 1.80. The molecule has 0 fully saturated rings. The maximum atomic E-state index is 13.8. The largest absolute Gasteiger partial charge is 0.465 e. The van der Waals surface area contributed by atoms with Crippen LogP contribution in [0.2, 0.25) is 0 Å². The smallest absolute Gasteiger partial charge is 0.337 e. The summed E-state index contributed by atoms with van der Waals surface area (Å²) in [6.45, 7) is 3.44. The Morgan fingerprint density at radius 1 is 1.35 bits per heavy atom. The lowest BCUT2D eigenvalue weighted by molar-refractivity contribution is -0.120. The third-order valence-electron chi connectivity index (χ3n) is 3.46. The molecule has 0 spiro atoms. The molecule has 0 unspecified atom stereocenters. The van der Waals surface area contributed by atoms with Gasteiger partial charge in [0.1, 0.15) is 11.6 Å². The Morgan fingerprint density at radius 3 is 2.70 bits per heavy atom. The Labute approximate surface area is 132 Å². The molecule has 2 rings (SSSR count). The second-order valence-electron chi connectivity index (χ2n) is 5.05. The molecule has 2 aromatic rings. The van der Waals surface area contributed by atoms with E-state index in [0.29, 0.717) is 17.0 Å². The number of nitrogens with one attached hydrogen (secondary N) is 1. The quantitative estimate of drug-likeness (QED) is 0.853. The molecule has 1 amide bonds. The van der Waals surface area contributed by atoms with Crippen LogP contribution >= 0.6 is 0 Å². The first-order valence-corrected chi connectivity index (χ1v) is 6.97. The number of aromatic nitrogens is 1. The highest BCUT2D eigenvalue weighted by Crippen LogP contribution is 2.14. The summed E-state index contributed by atoms with van der Waals surface area (Å²) in [6, 6.07) is 3.86. The molecule has 0 bridgehead atoms. The van der Waals surface area contributed by atoms with Crippen molar-refractivity contribution in [1.29, 1.82) is 0 Å². The molecule has 0 saturated carbocycles. The van der Waals surface area contributed by atoms with Crippen molar-refractivity contribution >= 4 is 11.9 Å². The van der Waals surface area contributed by atoms with Crippen molar-refractivity contribution in [2.45, 2.75) is 26.8 Å². The van der Waals surface area contributed by atoms with E-state index in [-0.39, 0.29) is 30.0 Å². The number of ether oxygens (including phenoxy) is 1. The molecule has 1 N–H and O–H groups in total. The summed E-state index contributed by atoms with van der Waals surface area (Å²) in [4.78, 5) is 23.4. The van der Waals surface area contributed by atoms with Crippen LogP contribution in [0.15, 0.2) is 22.7 Å². The van der Waals surface area contributed by atoms with Gasteiger partial charge in [-0.25, -0.2) is 9.18 Å². The van der Waals surface area contributed by atoms with Crippen molar-refractivity contribution in [1.82, 2.24) is 10.5 Å². The highest BCUT2D eigenvalue weighted by Gasteiger charge is 2.14. The highest BCUT2D eigenvalue weighted by molar-refractivity contribution is 5.89. The van der Waals surface area contributed by atoms with E-state index >= 15 is 0 Å². The van der Waals surface area contributed by atoms with Crippen LogP contribution in [0.4, 0.5) is 4.39 Å². The molecule has 0 aliphatic rings. The van der Waals surface area contributed by atoms with Crippen LogP contribution in [0.5, 0.6) is 0 Å². The van der Waals surface area contributed by atoms with Crippen molar-refractivity contribution in [3.05, 3.63) is 52.2 Å². The van der Waals surface area contributed by atoms with Gasteiger partial charge in [-0.3, -0.25) is 4.79 Å². The van der Waals surface area contributed by atoms with Crippen LogP contribution in [-0.4, -0.2) is 24.1 Å². The average Bonchev–Trinajstić information content (AvgIpc) is 2.85. The van der Waals surface area contributed by atoms with Gasteiger partial charge in [0.2, 0.25) is 5.91 Å². The molecule has 7 heteroatoms. The minimum absolute atomic E-state index is 0.0289. The Hall–Kier alpha value is -2.70. The van der Waals surface area contributed by atoms with Crippen molar-refractivity contribution in [3.8, 4) is 0 Å². The van der Waals surface area contributed by atoms with Crippen molar-refractivity contribution in [2.75, 3.05) is 7.11 Å². The monoisotopic (exact) mass is 320 g/mol. The van der Waals surface area contributed by atoms with Gasteiger partial charge in [-0.2, -0.15) is 0 Å². The maximum absolute atomic E-state index is 13.8. The number of esters is 1. The second kappa shape index (κ2) is 7.04. The number of carbonyl (C=O) groups excluding carboxylic acids is 2. The van der Waals surface area contributed by atoms with Gasteiger partial charge in [0.05, 0.1) is 24.8 Å². The van der Waals surface area contributed by atoms with Crippen molar-refractivity contribution < 1.29 is 23.2 Å². The first-order chi connectivity index (χ1) is 10.9. The Morgan fingerprint density at radius 2 is 2.09 bits per heavy atom. The highest BCUT2D eigenvalue weighted by atomic mass is 19.1. The molecule has 6 nitrogen and oxygen atoms in total. The Bertz CT molecular complexity index is 720. The van der Waals surface area contributed by atoms with E-state index in [1.165, 1.54) is 25.3 Å². The van der Waals surface area contributed by atoms with Gasteiger partial charge in [0.15, 0.2) is 0 Å². The molecule has 1 aromatic carbocycles. The molecule has 0 saturated heterocycles. The lowest BCUT2D eigenvalue weighted by atomic mass is 10.1. The molecule has 23 heavy (non-hydrogen) atoms. The third kappa shape index (κ3) is 3.94. The predicted octanol–water partition coefficient (Wildman–Crippen LogP) is 2.08.